The molecule has 0 aromatic carbocycles. The van der Waals surface area contributed by atoms with Gasteiger partial charge in [0.25, 0.3) is 0 Å². The number of amides is 1. The molecule has 1 saturated heterocycles. The summed E-state index contributed by atoms with van der Waals surface area (Å²) in [6, 6.07) is 3.09. The van der Waals surface area contributed by atoms with Crippen molar-refractivity contribution >= 4 is 11.9 Å². The van der Waals surface area contributed by atoms with E-state index < -0.39 is 5.97 Å². The van der Waals surface area contributed by atoms with Crippen LogP contribution in [0.2, 0.25) is 0 Å². The predicted octanol–water partition coefficient (Wildman–Crippen LogP) is 0.729. The van der Waals surface area contributed by atoms with E-state index in [-0.39, 0.29) is 18.1 Å². The third-order valence-electron chi connectivity index (χ3n) is 3.21. The van der Waals surface area contributed by atoms with E-state index in [1.165, 1.54) is 10.6 Å². The largest absolute Gasteiger partial charge is 0.477 e. The lowest BCUT2D eigenvalue weighted by atomic mass is 10.0. The quantitative estimate of drug-likeness (QED) is 0.823. The van der Waals surface area contributed by atoms with Crippen molar-refractivity contribution in [1.82, 2.24) is 9.88 Å². The van der Waals surface area contributed by atoms with E-state index >= 15 is 0 Å². The van der Waals surface area contributed by atoms with Crippen molar-refractivity contribution < 1.29 is 19.4 Å². The maximum Gasteiger partial charge on any atom is 0.352 e. The van der Waals surface area contributed by atoms with Gasteiger partial charge in [0.1, 0.15) is 12.2 Å². The number of hydrogen-bond donors (Lipinski definition) is 2. The number of hydrogen-bond acceptors (Lipinski definition) is 3. The first-order valence-electron chi connectivity index (χ1n) is 6.39. The number of carboxylic acid groups (broad SMARTS) is 1. The normalized spacial score (nSPS) is 19.1. The van der Waals surface area contributed by atoms with Crippen LogP contribution in [-0.4, -0.2) is 41.3 Å². The highest BCUT2D eigenvalue weighted by atomic mass is 16.5. The van der Waals surface area contributed by atoms with Crippen LogP contribution in [0.15, 0.2) is 18.3 Å². The van der Waals surface area contributed by atoms with Crippen molar-refractivity contribution in [3.05, 3.63) is 24.0 Å². The molecule has 1 aliphatic rings. The standard InChI is InChI=1S/C13H18N2O4/c16-12(14-7-10-3-2-6-19-9-10)8-15-5-1-4-11(15)13(17)18/h1,4-5,10H,2-3,6-9H2,(H,14,16)(H,17,18). The van der Waals surface area contributed by atoms with Crippen molar-refractivity contribution in [3.63, 3.8) is 0 Å². The van der Waals surface area contributed by atoms with Gasteiger partial charge in [-0.25, -0.2) is 4.79 Å². The van der Waals surface area contributed by atoms with Gasteiger partial charge in [0.15, 0.2) is 0 Å². The number of ether oxygens (including phenoxy) is 1. The number of aromatic carboxylic acids is 1. The molecule has 0 saturated carbocycles. The SMILES string of the molecule is O=C(Cn1cccc1C(=O)O)NCC1CCCOC1. The van der Waals surface area contributed by atoms with Gasteiger partial charge < -0.3 is 19.7 Å². The van der Waals surface area contributed by atoms with Crippen molar-refractivity contribution in [3.8, 4) is 0 Å². The maximum atomic E-state index is 11.8. The smallest absolute Gasteiger partial charge is 0.352 e. The summed E-state index contributed by atoms with van der Waals surface area (Å²) < 4.78 is 6.76. The van der Waals surface area contributed by atoms with Crippen molar-refractivity contribution in [2.24, 2.45) is 5.92 Å². The molecule has 1 atom stereocenters. The summed E-state index contributed by atoms with van der Waals surface area (Å²) in [7, 11) is 0. The second kappa shape index (κ2) is 6.38. The first kappa shape index (κ1) is 13.6. The Hall–Kier alpha value is -1.82. The molecule has 1 fully saturated rings. The van der Waals surface area contributed by atoms with Gasteiger partial charge in [-0.15, -0.1) is 0 Å². The lowest BCUT2D eigenvalue weighted by Gasteiger charge is -2.22. The monoisotopic (exact) mass is 266 g/mol. The molecule has 104 valence electrons. The first-order chi connectivity index (χ1) is 9.16. The number of aromatic nitrogens is 1. The van der Waals surface area contributed by atoms with E-state index in [1.807, 2.05) is 0 Å². The lowest BCUT2D eigenvalue weighted by Crippen LogP contribution is -2.35. The van der Waals surface area contributed by atoms with E-state index in [2.05, 4.69) is 5.32 Å². The summed E-state index contributed by atoms with van der Waals surface area (Å²) in [6.45, 7) is 2.10. The Kier molecular flexibility index (Phi) is 4.57. The number of carboxylic acids is 1. The van der Waals surface area contributed by atoms with Gasteiger partial charge in [-0.05, 0) is 30.9 Å². The molecule has 1 amide bonds. The van der Waals surface area contributed by atoms with E-state index in [0.29, 0.717) is 19.1 Å². The highest BCUT2D eigenvalue weighted by Crippen LogP contribution is 2.12. The Morgan fingerprint density at radius 1 is 1.53 bits per heavy atom. The Bertz CT molecular complexity index is 449. The second-order valence-electron chi connectivity index (χ2n) is 4.71. The Balaban J connectivity index is 1.80. The number of carbonyl (C=O) groups is 2. The van der Waals surface area contributed by atoms with Gasteiger partial charge in [-0.2, -0.15) is 0 Å². The van der Waals surface area contributed by atoms with Crippen LogP contribution in [0, 0.1) is 5.92 Å². The van der Waals surface area contributed by atoms with Crippen LogP contribution in [-0.2, 0) is 16.1 Å². The molecule has 2 rings (SSSR count). The van der Waals surface area contributed by atoms with Gasteiger partial charge >= 0.3 is 5.97 Å². The summed E-state index contributed by atoms with van der Waals surface area (Å²) in [5, 5.41) is 11.8. The fraction of sp³-hybridized carbons (Fsp3) is 0.538. The van der Waals surface area contributed by atoms with Crippen molar-refractivity contribution in [2.75, 3.05) is 19.8 Å². The minimum Gasteiger partial charge on any atom is -0.477 e. The molecular weight excluding hydrogens is 248 g/mol. The average molecular weight is 266 g/mol. The third kappa shape index (κ3) is 3.82. The lowest BCUT2D eigenvalue weighted by molar-refractivity contribution is -0.122. The molecule has 2 N–H and O–H groups in total. The number of nitrogens with zero attached hydrogens (tertiary/aromatic N) is 1. The van der Waals surface area contributed by atoms with E-state index in [1.54, 1.807) is 12.3 Å². The van der Waals surface area contributed by atoms with Crippen LogP contribution in [0.25, 0.3) is 0 Å². The molecule has 0 bridgehead atoms. The summed E-state index contributed by atoms with van der Waals surface area (Å²) in [5.74, 6) is -0.843. The molecular formula is C13H18N2O4. The third-order valence-corrected chi connectivity index (χ3v) is 3.21. The van der Waals surface area contributed by atoms with Gasteiger partial charge in [0, 0.05) is 19.3 Å². The molecule has 2 heterocycles. The van der Waals surface area contributed by atoms with Crippen LogP contribution in [0.5, 0.6) is 0 Å². The molecule has 1 aliphatic heterocycles. The second-order valence-corrected chi connectivity index (χ2v) is 4.71. The molecule has 0 radical (unpaired) electrons. The van der Waals surface area contributed by atoms with Crippen LogP contribution in [0.3, 0.4) is 0 Å². The van der Waals surface area contributed by atoms with E-state index in [9.17, 15) is 9.59 Å². The molecule has 1 aromatic heterocycles. The fourth-order valence-electron chi connectivity index (χ4n) is 2.18. The molecule has 1 unspecified atom stereocenters. The number of rotatable bonds is 5. The molecule has 19 heavy (non-hydrogen) atoms. The summed E-state index contributed by atoms with van der Waals surface area (Å²) in [6.07, 6.45) is 3.68. The van der Waals surface area contributed by atoms with Gasteiger partial charge in [0.2, 0.25) is 5.91 Å². The first-order valence-corrected chi connectivity index (χ1v) is 6.39. The van der Waals surface area contributed by atoms with E-state index in [4.69, 9.17) is 9.84 Å². The zero-order valence-electron chi connectivity index (χ0n) is 10.7. The summed E-state index contributed by atoms with van der Waals surface area (Å²) in [5.41, 5.74) is 0.121. The minimum atomic E-state index is -1.03. The average Bonchev–Trinajstić information content (AvgIpc) is 2.86. The Labute approximate surface area is 111 Å². The van der Waals surface area contributed by atoms with Gasteiger partial charge in [-0.1, -0.05) is 0 Å². The Morgan fingerprint density at radius 2 is 2.37 bits per heavy atom. The molecule has 6 nitrogen and oxygen atoms in total. The van der Waals surface area contributed by atoms with Crippen LogP contribution in [0.1, 0.15) is 23.3 Å². The summed E-state index contributed by atoms with van der Waals surface area (Å²) in [4.78, 5) is 22.7. The molecule has 0 aliphatic carbocycles. The van der Waals surface area contributed by atoms with Crippen LogP contribution >= 0.6 is 0 Å². The van der Waals surface area contributed by atoms with Crippen molar-refractivity contribution in [1.29, 1.82) is 0 Å². The zero-order valence-corrected chi connectivity index (χ0v) is 10.7. The highest BCUT2D eigenvalue weighted by Gasteiger charge is 2.16. The van der Waals surface area contributed by atoms with Crippen molar-refractivity contribution in [2.45, 2.75) is 19.4 Å². The fourth-order valence-corrected chi connectivity index (χ4v) is 2.18. The topological polar surface area (TPSA) is 80.6 Å². The number of carbonyl (C=O) groups excluding carboxylic acids is 1. The highest BCUT2D eigenvalue weighted by molar-refractivity contribution is 5.86. The number of nitrogens with one attached hydrogen (secondary N) is 1. The van der Waals surface area contributed by atoms with Crippen LogP contribution in [0.4, 0.5) is 0 Å². The van der Waals surface area contributed by atoms with E-state index in [0.717, 1.165) is 19.4 Å². The zero-order chi connectivity index (χ0) is 13.7. The minimum absolute atomic E-state index is 0.0300. The molecule has 1 aromatic rings. The maximum absolute atomic E-state index is 11.8. The predicted molar refractivity (Wildman–Crippen MR) is 67.9 cm³/mol. The summed E-state index contributed by atoms with van der Waals surface area (Å²) >= 11 is 0. The van der Waals surface area contributed by atoms with Gasteiger partial charge in [-0.3, -0.25) is 4.79 Å². The van der Waals surface area contributed by atoms with Crippen LogP contribution < -0.4 is 5.32 Å². The van der Waals surface area contributed by atoms with Gasteiger partial charge in [0.05, 0.1) is 6.61 Å². The Morgan fingerprint density at radius 3 is 3.05 bits per heavy atom. The molecule has 0 spiro atoms. The molecule has 6 heteroatoms.